The first kappa shape index (κ1) is 21.9. The minimum Gasteiger partial charge on any atom is -0.491 e. The third-order valence-electron chi connectivity index (χ3n) is 2.72. The monoisotopic (exact) mass is 326 g/mol. The van der Waals surface area contributed by atoms with Crippen LogP contribution in [0.3, 0.4) is 0 Å². The number of hydrogen-bond acceptors (Lipinski definition) is 5. The molecule has 0 saturated carbocycles. The topological polar surface area (TPSA) is 76.7 Å². The number of hydrogen-bond donors (Lipinski definition) is 3. The Labute approximate surface area is 141 Å². The fraction of sp³-hybridized carbons (Fsp3) is 0.667. The van der Waals surface area contributed by atoms with Crippen molar-refractivity contribution in [2.75, 3.05) is 26.9 Å². The van der Waals surface area contributed by atoms with E-state index in [0.29, 0.717) is 25.2 Å². The van der Waals surface area contributed by atoms with Crippen molar-refractivity contribution in [2.24, 2.45) is 5.73 Å². The highest BCUT2D eigenvalue weighted by atomic mass is 16.5. The zero-order chi connectivity index (χ0) is 17.7. The summed E-state index contributed by atoms with van der Waals surface area (Å²) in [6.45, 7) is 9.55. The van der Waals surface area contributed by atoms with E-state index >= 15 is 0 Å². The molecule has 0 aromatic heterocycles. The number of methoxy groups -OCH3 is 1. The van der Waals surface area contributed by atoms with Gasteiger partial charge in [-0.15, -0.1) is 0 Å². The van der Waals surface area contributed by atoms with Crippen LogP contribution in [0.2, 0.25) is 0 Å². The Morgan fingerprint density at radius 2 is 1.70 bits per heavy atom. The normalized spacial score (nSPS) is 12.0. The summed E-state index contributed by atoms with van der Waals surface area (Å²) < 4.78 is 10.6. The van der Waals surface area contributed by atoms with Gasteiger partial charge in [0.2, 0.25) is 0 Å². The molecule has 0 radical (unpaired) electrons. The second-order valence-corrected chi connectivity index (χ2v) is 6.16. The van der Waals surface area contributed by atoms with Crippen molar-refractivity contribution in [2.45, 2.75) is 52.3 Å². The van der Waals surface area contributed by atoms with Crippen LogP contribution < -0.4 is 15.8 Å². The zero-order valence-corrected chi connectivity index (χ0v) is 15.2. The predicted octanol–water partition coefficient (Wildman–Crippen LogP) is 1.97. The SMILES string of the molecule is CC(C)N.COCCc1ccc(OCC(O)CNC(C)C)cc1. The molecule has 5 heteroatoms. The molecule has 1 atom stereocenters. The van der Waals surface area contributed by atoms with Crippen LogP contribution in [0.1, 0.15) is 33.3 Å². The smallest absolute Gasteiger partial charge is 0.119 e. The Hall–Kier alpha value is -1.14. The maximum atomic E-state index is 9.73. The van der Waals surface area contributed by atoms with E-state index in [1.54, 1.807) is 7.11 Å². The van der Waals surface area contributed by atoms with Gasteiger partial charge in [0, 0.05) is 19.7 Å². The number of aliphatic hydroxyl groups excluding tert-OH is 1. The molecule has 1 rings (SSSR count). The molecule has 0 fully saturated rings. The lowest BCUT2D eigenvalue weighted by molar-refractivity contribution is 0.104. The predicted molar refractivity (Wildman–Crippen MR) is 96.0 cm³/mol. The Morgan fingerprint density at radius 1 is 1.13 bits per heavy atom. The van der Waals surface area contributed by atoms with Crippen molar-refractivity contribution in [3.05, 3.63) is 29.8 Å². The van der Waals surface area contributed by atoms with Crippen LogP contribution in [0, 0.1) is 0 Å². The van der Waals surface area contributed by atoms with E-state index in [0.717, 1.165) is 18.8 Å². The summed E-state index contributed by atoms with van der Waals surface area (Å²) in [5, 5.41) is 12.9. The van der Waals surface area contributed by atoms with Gasteiger partial charge in [-0.3, -0.25) is 0 Å². The number of ether oxygens (including phenoxy) is 2. The van der Waals surface area contributed by atoms with Gasteiger partial charge < -0.3 is 25.6 Å². The molecule has 0 aliphatic carbocycles. The minimum atomic E-state index is -0.490. The highest BCUT2D eigenvalue weighted by molar-refractivity contribution is 5.27. The number of rotatable bonds is 9. The van der Waals surface area contributed by atoms with Crippen LogP contribution in [0.15, 0.2) is 24.3 Å². The third kappa shape index (κ3) is 14.2. The maximum Gasteiger partial charge on any atom is 0.119 e. The molecule has 0 spiro atoms. The standard InChI is InChI=1S/C15H25NO3.C3H9N/c1-12(2)16-10-14(17)11-19-15-6-4-13(5-7-15)8-9-18-3;1-3(2)4/h4-7,12,14,16-17H,8-11H2,1-3H3;3H,4H2,1-2H3. The van der Waals surface area contributed by atoms with Gasteiger partial charge in [0.05, 0.1) is 6.61 Å². The van der Waals surface area contributed by atoms with Crippen molar-refractivity contribution >= 4 is 0 Å². The van der Waals surface area contributed by atoms with Crippen LogP contribution in [0.4, 0.5) is 0 Å². The van der Waals surface area contributed by atoms with Gasteiger partial charge in [0.25, 0.3) is 0 Å². The van der Waals surface area contributed by atoms with Gasteiger partial charge >= 0.3 is 0 Å². The summed E-state index contributed by atoms with van der Waals surface area (Å²) in [4.78, 5) is 0. The van der Waals surface area contributed by atoms with Crippen molar-refractivity contribution in [1.29, 1.82) is 0 Å². The van der Waals surface area contributed by atoms with Gasteiger partial charge in [-0.25, -0.2) is 0 Å². The van der Waals surface area contributed by atoms with Crippen LogP contribution in [0.5, 0.6) is 5.75 Å². The Bertz CT molecular complexity index is 378. The first-order valence-electron chi connectivity index (χ1n) is 8.22. The molecule has 0 heterocycles. The highest BCUT2D eigenvalue weighted by Gasteiger charge is 2.05. The molecule has 134 valence electrons. The third-order valence-corrected chi connectivity index (χ3v) is 2.72. The van der Waals surface area contributed by atoms with Gasteiger partial charge in [0.1, 0.15) is 18.5 Å². The van der Waals surface area contributed by atoms with Gasteiger partial charge in [-0.2, -0.15) is 0 Å². The van der Waals surface area contributed by atoms with Crippen molar-refractivity contribution in [3.8, 4) is 5.75 Å². The highest BCUT2D eigenvalue weighted by Crippen LogP contribution is 2.12. The molecule has 1 aromatic carbocycles. The fourth-order valence-electron chi connectivity index (χ4n) is 1.60. The molecule has 0 aliphatic rings. The quantitative estimate of drug-likeness (QED) is 0.647. The maximum absolute atomic E-state index is 9.73. The van der Waals surface area contributed by atoms with Crippen LogP contribution >= 0.6 is 0 Å². The van der Waals surface area contributed by atoms with Crippen molar-refractivity contribution in [1.82, 2.24) is 5.32 Å². The number of benzene rings is 1. The average Bonchev–Trinajstić information content (AvgIpc) is 2.49. The van der Waals surface area contributed by atoms with Gasteiger partial charge in [0.15, 0.2) is 0 Å². The van der Waals surface area contributed by atoms with E-state index in [2.05, 4.69) is 5.32 Å². The molecule has 4 N–H and O–H groups in total. The molecular formula is C18H34N2O3. The molecule has 1 aromatic rings. The summed E-state index contributed by atoms with van der Waals surface area (Å²) in [5.74, 6) is 0.782. The lowest BCUT2D eigenvalue weighted by Crippen LogP contribution is -2.35. The number of nitrogens with one attached hydrogen (secondary N) is 1. The Morgan fingerprint density at radius 3 is 2.17 bits per heavy atom. The lowest BCUT2D eigenvalue weighted by Gasteiger charge is -2.15. The van der Waals surface area contributed by atoms with Crippen LogP contribution in [0.25, 0.3) is 0 Å². The minimum absolute atomic E-state index is 0.303. The van der Waals surface area contributed by atoms with Crippen LogP contribution in [-0.2, 0) is 11.2 Å². The van der Waals surface area contributed by atoms with Crippen LogP contribution in [-0.4, -0.2) is 50.2 Å². The van der Waals surface area contributed by atoms with E-state index in [4.69, 9.17) is 15.2 Å². The lowest BCUT2D eigenvalue weighted by atomic mass is 10.1. The summed E-state index contributed by atoms with van der Waals surface area (Å²) in [7, 11) is 1.70. The Balaban J connectivity index is 0.00000108. The van der Waals surface area contributed by atoms with E-state index in [1.807, 2.05) is 52.0 Å². The number of aliphatic hydroxyl groups is 1. The molecule has 0 bridgehead atoms. The molecule has 1 unspecified atom stereocenters. The van der Waals surface area contributed by atoms with E-state index < -0.39 is 6.10 Å². The zero-order valence-electron chi connectivity index (χ0n) is 15.2. The molecule has 23 heavy (non-hydrogen) atoms. The molecular weight excluding hydrogens is 292 g/mol. The molecule has 0 aliphatic heterocycles. The largest absolute Gasteiger partial charge is 0.491 e. The first-order chi connectivity index (χ1) is 10.8. The summed E-state index contributed by atoms with van der Waals surface area (Å²) in [6, 6.07) is 8.59. The van der Waals surface area contributed by atoms with Crippen molar-refractivity contribution in [3.63, 3.8) is 0 Å². The molecule has 5 nitrogen and oxygen atoms in total. The summed E-state index contributed by atoms with van der Waals surface area (Å²) in [6.07, 6.45) is 0.410. The first-order valence-corrected chi connectivity index (χ1v) is 8.22. The Kier molecular flexibility index (Phi) is 12.7. The fourth-order valence-corrected chi connectivity index (χ4v) is 1.60. The molecule has 0 saturated heterocycles. The second kappa shape index (κ2) is 13.3. The van der Waals surface area contributed by atoms with E-state index in [9.17, 15) is 5.11 Å². The number of nitrogens with two attached hydrogens (primary N) is 1. The van der Waals surface area contributed by atoms with Gasteiger partial charge in [-0.1, -0.05) is 39.8 Å². The average molecular weight is 326 g/mol. The second-order valence-electron chi connectivity index (χ2n) is 6.16. The summed E-state index contributed by atoms with van der Waals surface area (Å²) in [5.41, 5.74) is 6.33. The summed E-state index contributed by atoms with van der Waals surface area (Å²) >= 11 is 0. The van der Waals surface area contributed by atoms with E-state index in [-0.39, 0.29) is 0 Å². The molecule has 0 amide bonds. The van der Waals surface area contributed by atoms with Gasteiger partial charge in [-0.05, 0) is 30.2 Å². The van der Waals surface area contributed by atoms with Crippen molar-refractivity contribution < 1.29 is 14.6 Å². The van der Waals surface area contributed by atoms with E-state index in [1.165, 1.54) is 5.56 Å².